The van der Waals surface area contributed by atoms with Crippen molar-refractivity contribution in [2.24, 2.45) is 5.73 Å². The fraction of sp³-hybridized carbons (Fsp3) is 0.278. The summed E-state index contributed by atoms with van der Waals surface area (Å²) < 4.78 is 0. The van der Waals surface area contributed by atoms with E-state index in [9.17, 15) is 4.79 Å². The van der Waals surface area contributed by atoms with Crippen molar-refractivity contribution in [3.63, 3.8) is 0 Å². The Morgan fingerprint density at radius 1 is 1.19 bits per heavy atom. The molecular weight excluding hydrogens is 260 g/mol. The second-order valence-electron chi connectivity index (χ2n) is 5.67. The Morgan fingerprint density at radius 2 is 1.95 bits per heavy atom. The van der Waals surface area contributed by atoms with Crippen LogP contribution in [0.25, 0.3) is 0 Å². The normalized spacial score (nSPS) is 16.0. The zero-order chi connectivity index (χ0) is 14.8. The largest absolute Gasteiger partial charge is 0.341 e. The third-order valence-electron chi connectivity index (χ3n) is 4.18. The van der Waals surface area contributed by atoms with Gasteiger partial charge in [-0.1, -0.05) is 48.5 Å². The molecule has 1 unspecified atom stereocenters. The topological polar surface area (TPSA) is 46.3 Å². The van der Waals surface area contributed by atoms with Gasteiger partial charge in [0.15, 0.2) is 0 Å². The van der Waals surface area contributed by atoms with Gasteiger partial charge in [-0.3, -0.25) is 4.79 Å². The van der Waals surface area contributed by atoms with Gasteiger partial charge in [0.2, 0.25) is 5.91 Å². The SMILES string of the molecule is CN(Cc1cccc(CN)c1)C(=O)C1Cc2ccccc21. The molecule has 0 radical (unpaired) electrons. The van der Waals surface area contributed by atoms with Gasteiger partial charge in [0.25, 0.3) is 0 Å². The minimum atomic E-state index is 0.0314. The summed E-state index contributed by atoms with van der Waals surface area (Å²) in [6.45, 7) is 1.16. The molecule has 2 aromatic rings. The monoisotopic (exact) mass is 280 g/mol. The first-order chi connectivity index (χ1) is 10.2. The Kier molecular flexibility index (Phi) is 3.76. The lowest BCUT2D eigenvalue weighted by Gasteiger charge is -2.32. The van der Waals surface area contributed by atoms with Crippen LogP contribution in [-0.2, 0) is 24.3 Å². The molecule has 0 aliphatic heterocycles. The van der Waals surface area contributed by atoms with Crippen molar-refractivity contribution in [3.8, 4) is 0 Å². The van der Waals surface area contributed by atoms with Gasteiger partial charge in [0.05, 0.1) is 5.92 Å². The summed E-state index contributed by atoms with van der Waals surface area (Å²) in [5.74, 6) is 0.232. The molecule has 1 aliphatic carbocycles. The highest BCUT2D eigenvalue weighted by Crippen LogP contribution is 2.36. The molecule has 0 aromatic heterocycles. The molecule has 0 heterocycles. The summed E-state index contributed by atoms with van der Waals surface area (Å²) in [5, 5.41) is 0. The van der Waals surface area contributed by atoms with Crippen LogP contribution < -0.4 is 5.73 Å². The first-order valence-electron chi connectivity index (χ1n) is 7.29. The summed E-state index contributed by atoms with van der Waals surface area (Å²) >= 11 is 0. The molecule has 0 bridgehead atoms. The van der Waals surface area contributed by atoms with Crippen molar-refractivity contribution >= 4 is 5.91 Å². The summed E-state index contributed by atoms with van der Waals surface area (Å²) in [5.41, 5.74) is 10.4. The average molecular weight is 280 g/mol. The summed E-state index contributed by atoms with van der Waals surface area (Å²) in [4.78, 5) is 14.4. The summed E-state index contributed by atoms with van der Waals surface area (Å²) in [7, 11) is 1.87. The lowest BCUT2D eigenvalue weighted by Crippen LogP contribution is -2.36. The van der Waals surface area contributed by atoms with Crippen LogP contribution in [0, 0.1) is 0 Å². The van der Waals surface area contributed by atoms with E-state index in [2.05, 4.69) is 18.2 Å². The molecule has 1 aliphatic rings. The maximum atomic E-state index is 12.5. The van der Waals surface area contributed by atoms with Crippen LogP contribution in [-0.4, -0.2) is 17.9 Å². The van der Waals surface area contributed by atoms with Crippen molar-refractivity contribution < 1.29 is 4.79 Å². The molecule has 1 amide bonds. The van der Waals surface area contributed by atoms with Crippen molar-refractivity contribution in [2.45, 2.75) is 25.4 Å². The zero-order valence-electron chi connectivity index (χ0n) is 12.3. The molecule has 108 valence electrons. The molecule has 2 aromatic carbocycles. The van der Waals surface area contributed by atoms with Crippen molar-refractivity contribution in [3.05, 3.63) is 70.8 Å². The van der Waals surface area contributed by atoms with Gasteiger partial charge in [-0.15, -0.1) is 0 Å². The first kappa shape index (κ1) is 13.8. The molecule has 0 saturated carbocycles. The zero-order valence-corrected chi connectivity index (χ0v) is 12.3. The van der Waals surface area contributed by atoms with Crippen molar-refractivity contribution in [1.29, 1.82) is 0 Å². The van der Waals surface area contributed by atoms with E-state index in [1.807, 2.05) is 42.3 Å². The van der Waals surface area contributed by atoms with Gasteiger partial charge in [0.1, 0.15) is 0 Å². The molecule has 1 atom stereocenters. The number of hydrogen-bond donors (Lipinski definition) is 1. The van der Waals surface area contributed by atoms with Gasteiger partial charge >= 0.3 is 0 Å². The second-order valence-corrected chi connectivity index (χ2v) is 5.67. The number of hydrogen-bond acceptors (Lipinski definition) is 2. The van der Waals surface area contributed by atoms with Gasteiger partial charge in [-0.2, -0.15) is 0 Å². The molecule has 0 fully saturated rings. The Hall–Kier alpha value is -2.13. The Morgan fingerprint density at radius 3 is 2.71 bits per heavy atom. The molecule has 21 heavy (non-hydrogen) atoms. The van der Waals surface area contributed by atoms with Crippen LogP contribution >= 0.6 is 0 Å². The number of nitrogens with two attached hydrogens (primary N) is 1. The minimum Gasteiger partial charge on any atom is -0.341 e. The fourth-order valence-electron chi connectivity index (χ4n) is 2.95. The number of carbonyl (C=O) groups excluding carboxylic acids is 1. The van der Waals surface area contributed by atoms with E-state index in [1.54, 1.807) is 0 Å². The van der Waals surface area contributed by atoms with Crippen LogP contribution in [0.1, 0.15) is 28.2 Å². The lowest BCUT2D eigenvalue weighted by molar-refractivity contribution is -0.132. The maximum Gasteiger partial charge on any atom is 0.230 e. The van der Waals surface area contributed by atoms with Gasteiger partial charge in [-0.25, -0.2) is 0 Å². The number of rotatable bonds is 4. The van der Waals surface area contributed by atoms with E-state index in [1.165, 1.54) is 11.1 Å². The predicted molar refractivity (Wildman–Crippen MR) is 83.7 cm³/mol. The molecule has 0 spiro atoms. The van der Waals surface area contributed by atoms with Crippen LogP contribution in [0.5, 0.6) is 0 Å². The third kappa shape index (κ3) is 2.69. The molecule has 3 rings (SSSR count). The molecule has 3 nitrogen and oxygen atoms in total. The number of likely N-dealkylation sites (N-methyl/N-ethyl adjacent to an activating group) is 1. The lowest BCUT2D eigenvalue weighted by atomic mass is 9.77. The number of benzene rings is 2. The summed E-state index contributed by atoms with van der Waals surface area (Å²) in [6, 6.07) is 16.3. The molecule has 2 N–H and O–H groups in total. The second kappa shape index (κ2) is 5.70. The van der Waals surface area contributed by atoms with Gasteiger partial charge in [-0.05, 0) is 28.7 Å². The van der Waals surface area contributed by atoms with Crippen LogP contribution in [0.15, 0.2) is 48.5 Å². The van der Waals surface area contributed by atoms with E-state index in [0.717, 1.165) is 17.5 Å². The van der Waals surface area contributed by atoms with Crippen molar-refractivity contribution in [1.82, 2.24) is 4.90 Å². The Balaban J connectivity index is 1.69. The first-order valence-corrected chi connectivity index (χ1v) is 7.29. The van der Waals surface area contributed by atoms with E-state index < -0.39 is 0 Å². The highest BCUT2D eigenvalue weighted by atomic mass is 16.2. The predicted octanol–water partition coefficient (Wildman–Crippen LogP) is 2.44. The third-order valence-corrected chi connectivity index (χ3v) is 4.18. The molecule has 0 saturated heterocycles. The Bertz CT molecular complexity index is 666. The number of fused-ring (bicyclic) bond motifs is 1. The minimum absolute atomic E-state index is 0.0314. The number of carbonyl (C=O) groups is 1. The smallest absolute Gasteiger partial charge is 0.230 e. The quantitative estimate of drug-likeness (QED) is 0.935. The highest BCUT2D eigenvalue weighted by molar-refractivity contribution is 5.86. The highest BCUT2D eigenvalue weighted by Gasteiger charge is 2.33. The van der Waals surface area contributed by atoms with Gasteiger partial charge in [0, 0.05) is 20.1 Å². The maximum absolute atomic E-state index is 12.5. The van der Waals surface area contributed by atoms with Gasteiger partial charge < -0.3 is 10.6 Å². The standard InChI is InChI=1S/C18H20N2O/c1-20(12-14-6-4-5-13(9-14)11-19)18(21)17-10-15-7-2-3-8-16(15)17/h2-9,17H,10-12,19H2,1H3. The van der Waals surface area contributed by atoms with Crippen LogP contribution in [0.2, 0.25) is 0 Å². The van der Waals surface area contributed by atoms with E-state index in [0.29, 0.717) is 13.1 Å². The number of nitrogens with zero attached hydrogens (tertiary/aromatic N) is 1. The average Bonchev–Trinajstić information content (AvgIpc) is 2.48. The van der Waals surface area contributed by atoms with E-state index in [-0.39, 0.29) is 11.8 Å². The number of amides is 1. The van der Waals surface area contributed by atoms with Crippen LogP contribution in [0.4, 0.5) is 0 Å². The fourth-order valence-corrected chi connectivity index (χ4v) is 2.95. The Labute approximate surface area is 125 Å². The van der Waals surface area contributed by atoms with Crippen molar-refractivity contribution in [2.75, 3.05) is 7.05 Å². The van der Waals surface area contributed by atoms with E-state index >= 15 is 0 Å². The molecular formula is C18H20N2O. The van der Waals surface area contributed by atoms with Crippen LogP contribution in [0.3, 0.4) is 0 Å². The molecule has 3 heteroatoms. The van der Waals surface area contributed by atoms with E-state index in [4.69, 9.17) is 5.73 Å². The summed E-state index contributed by atoms with van der Waals surface area (Å²) in [6.07, 6.45) is 0.863.